The molecule has 0 fully saturated rings. The molecule has 1 atom stereocenters. The van der Waals surface area contributed by atoms with Crippen LogP contribution in [0, 0.1) is 0 Å². The molecule has 0 amide bonds. The lowest BCUT2D eigenvalue weighted by Gasteiger charge is -2.06. The van der Waals surface area contributed by atoms with Crippen LogP contribution in [-0.2, 0) is 0 Å². The van der Waals surface area contributed by atoms with Crippen LogP contribution in [0.3, 0.4) is 0 Å². The van der Waals surface area contributed by atoms with Crippen molar-refractivity contribution < 1.29 is 4.79 Å². The SMILES string of the molecule is CCCSc1nnc(S[C@@H](C)C(=O)c2c[nH]c3ccccc23)s1. The summed E-state index contributed by atoms with van der Waals surface area (Å²) in [6.07, 6.45) is 2.91. The molecule has 2 aromatic heterocycles. The Kier molecular flexibility index (Phi) is 5.40. The number of ketones is 1. The third-order valence-electron chi connectivity index (χ3n) is 3.32. The highest BCUT2D eigenvalue weighted by Crippen LogP contribution is 2.33. The van der Waals surface area contributed by atoms with Gasteiger partial charge in [-0.05, 0) is 19.4 Å². The Balaban J connectivity index is 1.71. The van der Waals surface area contributed by atoms with E-state index in [1.165, 1.54) is 11.8 Å². The van der Waals surface area contributed by atoms with Crippen LogP contribution in [0.1, 0.15) is 30.6 Å². The van der Waals surface area contributed by atoms with Crippen LogP contribution < -0.4 is 0 Å². The molecule has 3 aromatic rings. The first kappa shape index (κ1) is 16.5. The molecule has 7 heteroatoms. The first-order chi connectivity index (χ1) is 11.2. The number of benzene rings is 1. The molecule has 0 bridgehead atoms. The van der Waals surface area contributed by atoms with E-state index in [4.69, 9.17) is 0 Å². The number of H-pyrrole nitrogens is 1. The lowest BCUT2D eigenvalue weighted by Crippen LogP contribution is -2.12. The van der Waals surface area contributed by atoms with Gasteiger partial charge in [0, 0.05) is 28.4 Å². The second-order valence-electron chi connectivity index (χ2n) is 5.05. The van der Waals surface area contributed by atoms with Crippen molar-refractivity contribution in [2.75, 3.05) is 5.75 Å². The zero-order valence-corrected chi connectivity index (χ0v) is 15.4. The Morgan fingerprint density at radius 3 is 2.91 bits per heavy atom. The molecular weight excluding hydrogens is 346 g/mol. The van der Waals surface area contributed by atoms with Gasteiger partial charge in [-0.1, -0.05) is 60.0 Å². The number of nitrogens with zero attached hydrogens (tertiary/aromatic N) is 2. The standard InChI is InChI=1S/C16H17N3OS3/c1-3-8-21-15-18-19-16(23-15)22-10(2)14(20)12-9-17-13-7-5-4-6-11(12)13/h4-7,9-10,17H,3,8H2,1-2H3/t10-/m0/s1. The van der Waals surface area contributed by atoms with Gasteiger partial charge in [-0.3, -0.25) is 4.79 Å². The average molecular weight is 364 g/mol. The normalized spacial score (nSPS) is 12.6. The summed E-state index contributed by atoms with van der Waals surface area (Å²) in [4.78, 5) is 15.9. The van der Waals surface area contributed by atoms with E-state index in [0.29, 0.717) is 0 Å². The second kappa shape index (κ2) is 7.51. The minimum Gasteiger partial charge on any atom is -0.360 e. The van der Waals surface area contributed by atoms with Gasteiger partial charge in [-0.2, -0.15) is 0 Å². The Hall–Kier alpha value is -1.31. The quantitative estimate of drug-likeness (QED) is 0.479. The van der Waals surface area contributed by atoms with Crippen LogP contribution in [0.4, 0.5) is 0 Å². The number of aromatic amines is 1. The van der Waals surface area contributed by atoms with Crippen LogP contribution >= 0.6 is 34.9 Å². The maximum atomic E-state index is 12.7. The van der Waals surface area contributed by atoms with Gasteiger partial charge in [0.15, 0.2) is 14.5 Å². The summed E-state index contributed by atoms with van der Waals surface area (Å²) in [5.41, 5.74) is 1.73. The van der Waals surface area contributed by atoms with Crippen molar-refractivity contribution >= 4 is 51.5 Å². The number of carbonyl (C=O) groups excluding carboxylic acids is 1. The molecule has 0 aliphatic carbocycles. The zero-order chi connectivity index (χ0) is 16.2. The van der Waals surface area contributed by atoms with Gasteiger partial charge in [0.2, 0.25) is 0 Å². The average Bonchev–Trinajstić information content (AvgIpc) is 3.18. The van der Waals surface area contributed by atoms with Crippen LogP contribution in [-0.4, -0.2) is 32.0 Å². The summed E-state index contributed by atoms with van der Waals surface area (Å²) in [6.45, 7) is 4.07. The highest BCUT2D eigenvalue weighted by Gasteiger charge is 2.21. The minimum absolute atomic E-state index is 0.116. The van der Waals surface area contributed by atoms with E-state index in [0.717, 1.165) is 37.3 Å². The summed E-state index contributed by atoms with van der Waals surface area (Å²) in [5, 5.41) is 9.14. The molecule has 3 rings (SSSR count). The lowest BCUT2D eigenvalue weighted by atomic mass is 10.1. The van der Waals surface area contributed by atoms with Crippen LogP contribution in [0.2, 0.25) is 0 Å². The van der Waals surface area contributed by atoms with Crippen LogP contribution in [0.5, 0.6) is 0 Å². The Bertz CT molecular complexity index is 812. The molecule has 0 spiro atoms. The van der Waals surface area contributed by atoms with Crippen molar-refractivity contribution in [3.05, 3.63) is 36.0 Å². The first-order valence-electron chi connectivity index (χ1n) is 7.42. The van der Waals surface area contributed by atoms with Crippen molar-refractivity contribution in [1.82, 2.24) is 15.2 Å². The van der Waals surface area contributed by atoms with E-state index in [2.05, 4.69) is 22.1 Å². The molecule has 120 valence electrons. The summed E-state index contributed by atoms with van der Waals surface area (Å²) in [6, 6.07) is 7.86. The van der Waals surface area contributed by atoms with Crippen molar-refractivity contribution in [1.29, 1.82) is 0 Å². The minimum atomic E-state index is -0.189. The van der Waals surface area contributed by atoms with Crippen LogP contribution in [0.15, 0.2) is 39.1 Å². The summed E-state index contributed by atoms with van der Waals surface area (Å²) in [7, 11) is 0. The summed E-state index contributed by atoms with van der Waals surface area (Å²) in [5.74, 6) is 1.16. The Morgan fingerprint density at radius 2 is 2.09 bits per heavy atom. The third-order valence-corrected chi connectivity index (χ3v) is 6.77. The van der Waals surface area contributed by atoms with Crippen molar-refractivity contribution in [2.45, 2.75) is 34.2 Å². The highest BCUT2D eigenvalue weighted by atomic mass is 32.2. The Labute approximate surface area is 147 Å². The van der Waals surface area contributed by atoms with Gasteiger partial charge in [0.25, 0.3) is 0 Å². The molecule has 0 saturated carbocycles. The number of rotatable bonds is 7. The molecule has 1 N–H and O–H groups in total. The molecule has 4 nitrogen and oxygen atoms in total. The molecule has 1 aromatic carbocycles. The van der Waals surface area contributed by atoms with E-state index >= 15 is 0 Å². The number of hydrogen-bond acceptors (Lipinski definition) is 6. The number of carbonyl (C=O) groups is 1. The van der Waals surface area contributed by atoms with E-state index in [9.17, 15) is 4.79 Å². The highest BCUT2D eigenvalue weighted by molar-refractivity contribution is 8.03. The molecule has 0 saturated heterocycles. The van der Waals surface area contributed by atoms with Gasteiger partial charge >= 0.3 is 0 Å². The van der Waals surface area contributed by atoms with E-state index in [1.807, 2.05) is 31.2 Å². The van der Waals surface area contributed by atoms with E-state index in [-0.39, 0.29) is 11.0 Å². The fraction of sp³-hybridized carbons (Fsp3) is 0.312. The lowest BCUT2D eigenvalue weighted by molar-refractivity contribution is 0.0995. The van der Waals surface area contributed by atoms with E-state index < -0.39 is 0 Å². The van der Waals surface area contributed by atoms with Crippen molar-refractivity contribution in [2.24, 2.45) is 0 Å². The predicted octanol–water partition coefficient (Wildman–Crippen LogP) is 4.89. The summed E-state index contributed by atoms with van der Waals surface area (Å²) < 4.78 is 1.82. The first-order valence-corrected chi connectivity index (χ1v) is 10.1. The van der Waals surface area contributed by atoms with E-state index in [1.54, 1.807) is 29.3 Å². The van der Waals surface area contributed by atoms with Gasteiger partial charge in [0.05, 0.1) is 5.25 Å². The largest absolute Gasteiger partial charge is 0.360 e. The van der Waals surface area contributed by atoms with Crippen molar-refractivity contribution in [3.63, 3.8) is 0 Å². The Morgan fingerprint density at radius 1 is 1.30 bits per heavy atom. The molecule has 0 aliphatic rings. The van der Waals surface area contributed by atoms with Gasteiger partial charge in [-0.25, -0.2) is 0 Å². The summed E-state index contributed by atoms with van der Waals surface area (Å²) >= 11 is 4.76. The molecule has 0 radical (unpaired) electrons. The number of nitrogens with one attached hydrogen (secondary N) is 1. The van der Waals surface area contributed by atoms with Crippen molar-refractivity contribution in [3.8, 4) is 0 Å². The monoisotopic (exact) mass is 363 g/mol. The molecule has 0 unspecified atom stereocenters. The van der Waals surface area contributed by atoms with Crippen LogP contribution in [0.25, 0.3) is 10.9 Å². The topological polar surface area (TPSA) is 58.6 Å². The second-order valence-corrected chi connectivity index (χ2v) is 8.96. The fourth-order valence-corrected chi connectivity index (χ4v) is 5.35. The molecular formula is C16H17N3OS3. The third kappa shape index (κ3) is 3.79. The fourth-order valence-electron chi connectivity index (χ4n) is 2.19. The van der Waals surface area contributed by atoms with Gasteiger partial charge < -0.3 is 4.98 Å². The maximum Gasteiger partial charge on any atom is 0.178 e. The number of para-hydroxylation sites is 1. The molecule has 0 aliphatic heterocycles. The number of aromatic nitrogens is 3. The predicted molar refractivity (Wildman–Crippen MR) is 98.9 cm³/mol. The molecule has 2 heterocycles. The zero-order valence-electron chi connectivity index (χ0n) is 12.9. The maximum absolute atomic E-state index is 12.7. The number of fused-ring (bicyclic) bond motifs is 1. The smallest absolute Gasteiger partial charge is 0.178 e. The number of Topliss-reactive ketones (excluding diaryl/α,β-unsaturated/α-hetero) is 1. The van der Waals surface area contributed by atoms with Gasteiger partial charge in [-0.15, -0.1) is 10.2 Å². The van der Waals surface area contributed by atoms with Gasteiger partial charge in [0.1, 0.15) is 0 Å². The number of hydrogen-bond donors (Lipinski definition) is 1. The molecule has 23 heavy (non-hydrogen) atoms. The number of thioether (sulfide) groups is 2.